The third-order valence-electron chi connectivity index (χ3n) is 6.78. The van der Waals surface area contributed by atoms with Gasteiger partial charge in [-0.15, -0.1) is 0 Å². The minimum atomic E-state index is -0.342. The first-order valence-electron chi connectivity index (χ1n) is 12.9. The number of ether oxygens (including phenoxy) is 3. The Labute approximate surface area is 221 Å². The highest BCUT2D eigenvalue weighted by atomic mass is 16.5. The average Bonchev–Trinajstić information content (AvgIpc) is 2.96. The second-order valence-electron chi connectivity index (χ2n) is 9.17. The van der Waals surface area contributed by atoms with Crippen LogP contribution < -0.4 is 14.8 Å². The molecule has 0 fully saturated rings. The molecule has 0 spiro atoms. The topological polar surface area (TPSA) is 56.8 Å². The lowest BCUT2D eigenvalue weighted by atomic mass is 9.80. The fraction of sp³-hybridized carbons (Fsp3) is 0.344. The van der Waals surface area contributed by atoms with E-state index in [4.69, 9.17) is 14.2 Å². The number of methoxy groups -OCH3 is 3. The Hall–Kier alpha value is -3.73. The van der Waals surface area contributed by atoms with Crippen LogP contribution in [0.1, 0.15) is 66.6 Å². The fourth-order valence-electron chi connectivity index (χ4n) is 4.58. The van der Waals surface area contributed by atoms with Crippen LogP contribution in [-0.2, 0) is 4.74 Å². The first-order chi connectivity index (χ1) is 18.0. The summed E-state index contributed by atoms with van der Waals surface area (Å²) in [7, 11) is 4.74. The largest absolute Gasteiger partial charge is 0.497 e. The Kier molecular flexibility index (Phi) is 10.6. The van der Waals surface area contributed by atoms with Gasteiger partial charge in [0.05, 0.1) is 32.9 Å². The molecule has 5 nitrogen and oxygen atoms in total. The standard InChI is InChI=1S/C32H39NO4/c1-6-7-8-9-10-30(23(2)24-11-13-26(14-12-24)32(34)37-5)31(25-15-19-28(35-3)20-16-25)33-27-17-21-29(36-4)22-18-27/h11-22,30-31,33H,2,6-10H2,1,3-5H3. The molecule has 0 amide bonds. The Morgan fingerprint density at radius 2 is 1.35 bits per heavy atom. The second-order valence-corrected chi connectivity index (χ2v) is 9.17. The van der Waals surface area contributed by atoms with Crippen molar-refractivity contribution in [3.05, 3.63) is 96.1 Å². The molecule has 0 heterocycles. The SMILES string of the molecule is C=C(c1ccc(C(=O)OC)cc1)C(CCCCCC)C(Nc1ccc(OC)cc1)c1ccc(OC)cc1. The van der Waals surface area contributed by atoms with Gasteiger partial charge in [-0.1, -0.05) is 63.5 Å². The van der Waals surface area contributed by atoms with E-state index in [2.05, 4.69) is 31.0 Å². The zero-order valence-corrected chi connectivity index (χ0v) is 22.5. The predicted octanol–water partition coefficient (Wildman–Crippen LogP) is 7.94. The number of hydrogen-bond acceptors (Lipinski definition) is 5. The molecule has 0 aliphatic rings. The summed E-state index contributed by atoms with van der Waals surface area (Å²) >= 11 is 0. The zero-order chi connectivity index (χ0) is 26.6. The molecule has 3 aromatic rings. The van der Waals surface area contributed by atoms with E-state index in [1.807, 2.05) is 48.5 Å². The van der Waals surface area contributed by atoms with Crippen LogP contribution >= 0.6 is 0 Å². The number of unbranched alkanes of at least 4 members (excludes halogenated alkanes) is 3. The van der Waals surface area contributed by atoms with Crippen LogP contribution in [0.25, 0.3) is 5.57 Å². The maximum atomic E-state index is 12.0. The van der Waals surface area contributed by atoms with Crippen molar-refractivity contribution < 1.29 is 19.0 Å². The van der Waals surface area contributed by atoms with Gasteiger partial charge in [0.25, 0.3) is 0 Å². The number of carbonyl (C=O) groups is 1. The van der Waals surface area contributed by atoms with E-state index < -0.39 is 0 Å². The maximum Gasteiger partial charge on any atom is 0.337 e. The van der Waals surface area contributed by atoms with Crippen molar-refractivity contribution in [2.45, 2.75) is 45.1 Å². The van der Waals surface area contributed by atoms with E-state index in [1.54, 1.807) is 26.4 Å². The molecule has 3 rings (SSSR count). The van der Waals surface area contributed by atoms with Gasteiger partial charge >= 0.3 is 5.97 Å². The predicted molar refractivity (Wildman–Crippen MR) is 151 cm³/mol. The van der Waals surface area contributed by atoms with E-state index in [0.29, 0.717) is 5.56 Å². The molecule has 0 aliphatic heterocycles. The lowest BCUT2D eigenvalue weighted by Crippen LogP contribution is -2.22. The molecule has 1 N–H and O–H groups in total. The van der Waals surface area contributed by atoms with Crippen molar-refractivity contribution >= 4 is 17.2 Å². The molecular weight excluding hydrogens is 462 g/mol. The molecule has 2 atom stereocenters. The van der Waals surface area contributed by atoms with Gasteiger partial charge in [-0.2, -0.15) is 0 Å². The molecule has 37 heavy (non-hydrogen) atoms. The highest BCUT2D eigenvalue weighted by molar-refractivity contribution is 5.89. The highest BCUT2D eigenvalue weighted by Crippen LogP contribution is 2.39. The number of rotatable bonds is 14. The number of hydrogen-bond donors (Lipinski definition) is 1. The molecule has 0 aromatic heterocycles. The van der Waals surface area contributed by atoms with E-state index in [-0.39, 0.29) is 17.9 Å². The van der Waals surface area contributed by atoms with Crippen molar-refractivity contribution in [2.24, 2.45) is 5.92 Å². The number of benzene rings is 3. The van der Waals surface area contributed by atoms with Crippen molar-refractivity contribution in [3.63, 3.8) is 0 Å². The molecule has 0 aliphatic carbocycles. The van der Waals surface area contributed by atoms with Crippen molar-refractivity contribution in [1.82, 2.24) is 0 Å². The average molecular weight is 502 g/mol. The Morgan fingerprint density at radius 3 is 1.89 bits per heavy atom. The fourth-order valence-corrected chi connectivity index (χ4v) is 4.58. The van der Waals surface area contributed by atoms with Crippen LogP contribution in [0.15, 0.2) is 79.4 Å². The van der Waals surface area contributed by atoms with Gasteiger partial charge in [-0.05, 0) is 71.7 Å². The molecular formula is C32H39NO4. The van der Waals surface area contributed by atoms with E-state index >= 15 is 0 Å². The summed E-state index contributed by atoms with van der Waals surface area (Å²) in [5, 5.41) is 3.78. The minimum Gasteiger partial charge on any atom is -0.497 e. The van der Waals surface area contributed by atoms with Gasteiger partial charge in [0.15, 0.2) is 0 Å². The Balaban J connectivity index is 1.98. The maximum absolute atomic E-state index is 12.0. The van der Waals surface area contributed by atoms with Gasteiger partial charge < -0.3 is 19.5 Å². The van der Waals surface area contributed by atoms with Gasteiger partial charge in [0.1, 0.15) is 11.5 Å². The number of anilines is 1. The van der Waals surface area contributed by atoms with Crippen LogP contribution in [0, 0.1) is 5.92 Å². The van der Waals surface area contributed by atoms with Crippen molar-refractivity contribution in [1.29, 1.82) is 0 Å². The summed E-state index contributed by atoms with van der Waals surface area (Å²) in [6, 6.07) is 23.8. The molecule has 2 unspecified atom stereocenters. The van der Waals surface area contributed by atoms with Gasteiger partial charge in [-0.3, -0.25) is 0 Å². The number of esters is 1. The quantitative estimate of drug-likeness (QED) is 0.179. The third-order valence-corrected chi connectivity index (χ3v) is 6.78. The highest BCUT2D eigenvalue weighted by Gasteiger charge is 2.27. The molecule has 0 bridgehead atoms. The first kappa shape index (κ1) is 27.9. The van der Waals surface area contributed by atoms with E-state index in [0.717, 1.165) is 46.7 Å². The molecule has 0 saturated carbocycles. The van der Waals surface area contributed by atoms with Crippen LogP contribution in [0.4, 0.5) is 5.69 Å². The normalized spacial score (nSPS) is 12.3. The van der Waals surface area contributed by atoms with Crippen molar-refractivity contribution in [2.75, 3.05) is 26.6 Å². The van der Waals surface area contributed by atoms with Gasteiger partial charge in [0.2, 0.25) is 0 Å². The van der Waals surface area contributed by atoms with E-state index in [9.17, 15) is 4.79 Å². The van der Waals surface area contributed by atoms with Gasteiger partial charge in [-0.25, -0.2) is 4.79 Å². The lowest BCUT2D eigenvalue weighted by molar-refractivity contribution is 0.0600. The molecule has 0 radical (unpaired) electrons. The lowest BCUT2D eigenvalue weighted by Gasteiger charge is -2.32. The smallest absolute Gasteiger partial charge is 0.337 e. The molecule has 0 saturated heterocycles. The van der Waals surface area contributed by atoms with Crippen LogP contribution in [0.3, 0.4) is 0 Å². The minimum absolute atomic E-state index is 0.0197. The zero-order valence-electron chi connectivity index (χ0n) is 22.5. The summed E-state index contributed by atoms with van der Waals surface area (Å²) in [6.45, 7) is 6.79. The molecule has 3 aromatic carbocycles. The summed E-state index contributed by atoms with van der Waals surface area (Å²) in [6.07, 6.45) is 5.67. The van der Waals surface area contributed by atoms with Crippen LogP contribution in [-0.4, -0.2) is 27.3 Å². The summed E-state index contributed by atoms with van der Waals surface area (Å²) in [5.41, 5.74) is 4.75. The molecule has 5 heteroatoms. The number of nitrogens with one attached hydrogen (secondary N) is 1. The number of carbonyl (C=O) groups excluding carboxylic acids is 1. The Morgan fingerprint density at radius 1 is 0.784 bits per heavy atom. The van der Waals surface area contributed by atoms with Gasteiger partial charge in [0, 0.05) is 11.6 Å². The second kappa shape index (κ2) is 14.1. The summed E-state index contributed by atoms with van der Waals surface area (Å²) < 4.78 is 15.6. The summed E-state index contributed by atoms with van der Waals surface area (Å²) in [4.78, 5) is 12.0. The van der Waals surface area contributed by atoms with Crippen molar-refractivity contribution in [3.8, 4) is 11.5 Å². The Bertz CT molecular complexity index is 1120. The van der Waals surface area contributed by atoms with E-state index in [1.165, 1.54) is 26.4 Å². The summed E-state index contributed by atoms with van der Waals surface area (Å²) in [5.74, 6) is 1.42. The van der Waals surface area contributed by atoms with Crippen LogP contribution in [0.2, 0.25) is 0 Å². The first-order valence-corrected chi connectivity index (χ1v) is 12.9. The third kappa shape index (κ3) is 7.63. The monoisotopic (exact) mass is 501 g/mol. The molecule has 196 valence electrons. The van der Waals surface area contributed by atoms with Crippen LogP contribution in [0.5, 0.6) is 11.5 Å².